The van der Waals surface area contributed by atoms with Crippen molar-refractivity contribution in [2.45, 2.75) is 27.2 Å². The lowest BCUT2D eigenvalue weighted by Gasteiger charge is -2.10. The molecule has 1 atom stereocenters. The van der Waals surface area contributed by atoms with Gasteiger partial charge < -0.3 is 0 Å². The van der Waals surface area contributed by atoms with Gasteiger partial charge in [-0.1, -0.05) is 31.2 Å². The van der Waals surface area contributed by atoms with Crippen LogP contribution in [0.5, 0.6) is 0 Å². The van der Waals surface area contributed by atoms with Gasteiger partial charge in [-0.2, -0.15) is 0 Å². The highest BCUT2D eigenvalue weighted by Crippen LogP contribution is 2.16. The Morgan fingerprint density at radius 1 is 1.38 bits per heavy atom. The first kappa shape index (κ1) is 10.0. The summed E-state index contributed by atoms with van der Waals surface area (Å²) in [5.74, 6) is 0.570. The minimum absolute atomic E-state index is 0.570. The zero-order valence-corrected chi connectivity index (χ0v) is 8.80. The molecule has 0 saturated carbocycles. The van der Waals surface area contributed by atoms with Crippen molar-refractivity contribution in [1.29, 1.82) is 0 Å². The lowest BCUT2D eigenvalue weighted by atomic mass is 9.95. The van der Waals surface area contributed by atoms with E-state index in [0.29, 0.717) is 5.92 Å². The first-order valence-corrected chi connectivity index (χ1v) is 4.82. The molecule has 1 unspecified atom stereocenters. The van der Waals surface area contributed by atoms with Gasteiger partial charge in [0.05, 0.1) is 0 Å². The largest absolute Gasteiger partial charge is 0.103 e. The summed E-state index contributed by atoms with van der Waals surface area (Å²) in [7, 11) is 0. The summed E-state index contributed by atoms with van der Waals surface area (Å²) < 4.78 is 0. The molecular formula is C13H18. The van der Waals surface area contributed by atoms with E-state index in [1.165, 1.54) is 16.7 Å². The Bertz CT molecular complexity index is 297. The van der Waals surface area contributed by atoms with E-state index in [4.69, 9.17) is 0 Å². The van der Waals surface area contributed by atoms with Crippen LogP contribution in [0.25, 0.3) is 0 Å². The third kappa shape index (κ3) is 2.45. The maximum atomic E-state index is 3.81. The fourth-order valence-corrected chi connectivity index (χ4v) is 1.46. The van der Waals surface area contributed by atoms with Crippen molar-refractivity contribution in [2.24, 2.45) is 5.92 Å². The van der Waals surface area contributed by atoms with E-state index in [-0.39, 0.29) is 0 Å². The van der Waals surface area contributed by atoms with Crippen molar-refractivity contribution in [3.05, 3.63) is 47.5 Å². The van der Waals surface area contributed by atoms with E-state index >= 15 is 0 Å². The van der Waals surface area contributed by atoms with E-state index < -0.39 is 0 Å². The van der Waals surface area contributed by atoms with Crippen LogP contribution in [-0.4, -0.2) is 0 Å². The number of hydrogen-bond acceptors (Lipinski definition) is 0. The highest BCUT2D eigenvalue weighted by atomic mass is 14.1. The Balaban J connectivity index is 2.88. The Hall–Kier alpha value is -1.04. The van der Waals surface area contributed by atoms with Crippen LogP contribution >= 0.6 is 0 Å². The maximum absolute atomic E-state index is 3.81. The molecule has 0 aromatic heterocycles. The molecule has 70 valence electrons. The lowest BCUT2D eigenvalue weighted by molar-refractivity contribution is 0.721. The molecule has 1 aromatic rings. The van der Waals surface area contributed by atoms with Gasteiger partial charge in [-0.3, -0.25) is 0 Å². The molecule has 0 nitrogen and oxygen atoms in total. The summed E-state index contributed by atoms with van der Waals surface area (Å²) in [4.78, 5) is 0. The van der Waals surface area contributed by atoms with Crippen LogP contribution in [0.15, 0.2) is 30.9 Å². The third-order valence-corrected chi connectivity index (χ3v) is 2.66. The van der Waals surface area contributed by atoms with Crippen LogP contribution in [0.1, 0.15) is 23.6 Å². The van der Waals surface area contributed by atoms with Gasteiger partial charge in [0.15, 0.2) is 0 Å². The van der Waals surface area contributed by atoms with Crippen molar-refractivity contribution < 1.29 is 0 Å². The molecule has 0 fully saturated rings. The molecule has 0 bridgehead atoms. The Morgan fingerprint density at radius 2 is 2.08 bits per heavy atom. The van der Waals surface area contributed by atoms with Crippen LogP contribution < -0.4 is 0 Å². The highest BCUT2D eigenvalue weighted by molar-refractivity contribution is 5.33. The molecule has 0 radical (unpaired) electrons. The fraction of sp³-hybridized carbons (Fsp3) is 0.385. The van der Waals surface area contributed by atoms with Crippen LogP contribution in [0.4, 0.5) is 0 Å². The zero-order valence-electron chi connectivity index (χ0n) is 8.80. The van der Waals surface area contributed by atoms with Gasteiger partial charge in [0.2, 0.25) is 0 Å². The van der Waals surface area contributed by atoms with Crippen LogP contribution in [0, 0.1) is 19.8 Å². The SMILES string of the molecule is C=CC(C)Cc1cccc(C)c1C. The molecular weight excluding hydrogens is 156 g/mol. The molecule has 0 aliphatic rings. The van der Waals surface area contributed by atoms with Crippen molar-refractivity contribution in [3.8, 4) is 0 Å². The van der Waals surface area contributed by atoms with Crippen molar-refractivity contribution in [3.63, 3.8) is 0 Å². The number of benzene rings is 1. The Kier molecular flexibility index (Phi) is 3.30. The van der Waals surface area contributed by atoms with Crippen LogP contribution in [-0.2, 0) is 6.42 Å². The van der Waals surface area contributed by atoms with Crippen LogP contribution in [0.2, 0.25) is 0 Å². The van der Waals surface area contributed by atoms with Gasteiger partial charge in [-0.25, -0.2) is 0 Å². The minimum atomic E-state index is 0.570. The molecule has 0 N–H and O–H groups in total. The van der Waals surface area contributed by atoms with Gasteiger partial charge in [0.1, 0.15) is 0 Å². The summed E-state index contributed by atoms with van der Waals surface area (Å²) >= 11 is 0. The number of aryl methyl sites for hydroxylation is 1. The zero-order chi connectivity index (χ0) is 9.84. The van der Waals surface area contributed by atoms with Gasteiger partial charge in [0, 0.05) is 0 Å². The summed E-state index contributed by atoms with van der Waals surface area (Å²) in [5, 5.41) is 0. The summed E-state index contributed by atoms with van der Waals surface area (Å²) in [6, 6.07) is 6.51. The number of rotatable bonds is 3. The average molecular weight is 174 g/mol. The summed E-state index contributed by atoms with van der Waals surface area (Å²) in [6.45, 7) is 10.4. The molecule has 0 heteroatoms. The average Bonchev–Trinajstić information content (AvgIpc) is 2.13. The lowest BCUT2D eigenvalue weighted by Crippen LogP contribution is -1.98. The highest BCUT2D eigenvalue weighted by Gasteiger charge is 2.03. The molecule has 0 heterocycles. The molecule has 13 heavy (non-hydrogen) atoms. The first-order chi connectivity index (χ1) is 6.15. The van der Waals surface area contributed by atoms with Gasteiger partial charge in [-0.05, 0) is 42.9 Å². The summed E-state index contributed by atoms with van der Waals surface area (Å²) in [6.07, 6.45) is 3.12. The standard InChI is InChI=1S/C13H18/c1-5-10(2)9-13-8-6-7-11(3)12(13)4/h5-8,10H,1,9H2,2-4H3. The fourth-order valence-electron chi connectivity index (χ4n) is 1.46. The third-order valence-electron chi connectivity index (χ3n) is 2.66. The van der Waals surface area contributed by atoms with Crippen molar-refractivity contribution >= 4 is 0 Å². The molecule has 1 aromatic carbocycles. The van der Waals surface area contributed by atoms with E-state index in [1.54, 1.807) is 0 Å². The van der Waals surface area contributed by atoms with Gasteiger partial charge in [-0.15, -0.1) is 6.58 Å². The Morgan fingerprint density at radius 3 is 2.69 bits per heavy atom. The molecule has 0 saturated heterocycles. The minimum Gasteiger partial charge on any atom is -0.103 e. The van der Waals surface area contributed by atoms with E-state index in [0.717, 1.165) is 6.42 Å². The molecule has 0 aliphatic carbocycles. The predicted molar refractivity (Wildman–Crippen MR) is 59.0 cm³/mol. The molecule has 0 spiro atoms. The quantitative estimate of drug-likeness (QED) is 0.613. The monoisotopic (exact) mass is 174 g/mol. The van der Waals surface area contributed by atoms with Crippen molar-refractivity contribution in [2.75, 3.05) is 0 Å². The Labute approximate surface area is 81.3 Å². The van der Waals surface area contributed by atoms with Gasteiger partial charge >= 0.3 is 0 Å². The first-order valence-electron chi connectivity index (χ1n) is 4.82. The molecule has 1 rings (SSSR count). The molecule has 0 amide bonds. The van der Waals surface area contributed by atoms with Gasteiger partial charge in [0.25, 0.3) is 0 Å². The number of hydrogen-bond donors (Lipinski definition) is 0. The summed E-state index contributed by atoms with van der Waals surface area (Å²) in [5.41, 5.74) is 4.26. The normalized spacial score (nSPS) is 12.5. The van der Waals surface area contributed by atoms with Crippen LogP contribution in [0.3, 0.4) is 0 Å². The second-order valence-corrected chi connectivity index (χ2v) is 3.78. The van der Waals surface area contributed by atoms with Crippen molar-refractivity contribution in [1.82, 2.24) is 0 Å². The topological polar surface area (TPSA) is 0 Å². The van der Waals surface area contributed by atoms with E-state index in [9.17, 15) is 0 Å². The second-order valence-electron chi connectivity index (χ2n) is 3.78. The maximum Gasteiger partial charge on any atom is -0.0216 e. The van der Waals surface area contributed by atoms with E-state index in [2.05, 4.69) is 45.5 Å². The number of allylic oxidation sites excluding steroid dienone is 1. The van der Waals surface area contributed by atoms with E-state index in [1.807, 2.05) is 6.08 Å². The molecule has 0 aliphatic heterocycles. The second kappa shape index (κ2) is 4.27. The predicted octanol–water partition coefficient (Wildman–Crippen LogP) is 3.67. The smallest absolute Gasteiger partial charge is 0.0216 e.